The normalized spacial score (nSPS) is 12.7. The van der Waals surface area contributed by atoms with Crippen LogP contribution in [0.1, 0.15) is 19.4 Å². The van der Waals surface area contributed by atoms with Crippen molar-refractivity contribution in [2.45, 2.75) is 32.7 Å². The Morgan fingerprint density at radius 3 is 2.45 bits per heavy atom. The SMILES string of the molecule is CC(C)OCCOCc1ccc(OCC(O)CN)cc1. The lowest BCUT2D eigenvalue weighted by Gasteiger charge is -2.11. The minimum absolute atomic E-state index is 0.199. The maximum absolute atomic E-state index is 9.30. The molecule has 1 rings (SSSR count). The highest BCUT2D eigenvalue weighted by atomic mass is 16.5. The number of rotatable bonds is 10. The summed E-state index contributed by atoms with van der Waals surface area (Å²) in [7, 11) is 0. The molecule has 1 unspecified atom stereocenters. The summed E-state index contributed by atoms with van der Waals surface area (Å²) >= 11 is 0. The monoisotopic (exact) mass is 283 g/mol. The van der Waals surface area contributed by atoms with Gasteiger partial charge in [0, 0.05) is 6.54 Å². The molecule has 1 aromatic rings. The summed E-state index contributed by atoms with van der Waals surface area (Å²) in [5.41, 5.74) is 6.37. The third-order valence-electron chi connectivity index (χ3n) is 2.59. The summed E-state index contributed by atoms with van der Waals surface area (Å²) in [5.74, 6) is 0.712. The Labute approximate surface area is 120 Å². The molecule has 0 aromatic heterocycles. The first kappa shape index (κ1) is 16.9. The average molecular weight is 283 g/mol. The van der Waals surface area contributed by atoms with Gasteiger partial charge in [0.15, 0.2) is 0 Å². The van der Waals surface area contributed by atoms with E-state index in [0.29, 0.717) is 25.6 Å². The van der Waals surface area contributed by atoms with Crippen LogP contribution in [0.4, 0.5) is 0 Å². The number of nitrogens with two attached hydrogens (primary N) is 1. The maximum Gasteiger partial charge on any atom is 0.119 e. The van der Waals surface area contributed by atoms with Crippen molar-refractivity contribution >= 4 is 0 Å². The van der Waals surface area contributed by atoms with Crippen LogP contribution in [0.3, 0.4) is 0 Å². The quantitative estimate of drug-likeness (QED) is 0.634. The van der Waals surface area contributed by atoms with Crippen molar-refractivity contribution < 1.29 is 19.3 Å². The van der Waals surface area contributed by atoms with Crippen LogP contribution in [0, 0.1) is 0 Å². The van der Waals surface area contributed by atoms with Crippen molar-refractivity contribution in [3.05, 3.63) is 29.8 Å². The number of benzene rings is 1. The second-order valence-corrected chi connectivity index (χ2v) is 4.82. The van der Waals surface area contributed by atoms with Crippen molar-refractivity contribution in [3.63, 3.8) is 0 Å². The van der Waals surface area contributed by atoms with Crippen LogP contribution in [0.15, 0.2) is 24.3 Å². The topological polar surface area (TPSA) is 73.9 Å². The van der Waals surface area contributed by atoms with Crippen LogP contribution in [0.25, 0.3) is 0 Å². The molecule has 0 spiro atoms. The lowest BCUT2D eigenvalue weighted by molar-refractivity contribution is 0.0143. The summed E-state index contributed by atoms with van der Waals surface area (Å²) in [4.78, 5) is 0. The van der Waals surface area contributed by atoms with E-state index < -0.39 is 6.10 Å². The van der Waals surface area contributed by atoms with Crippen molar-refractivity contribution in [2.24, 2.45) is 5.73 Å². The summed E-state index contributed by atoms with van der Waals surface area (Å²) in [6.45, 7) is 6.14. The van der Waals surface area contributed by atoms with Gasteiger partial charge >= 0.3 is 0 Å². The first-order chi connectivity index (χ1) is 9.61. The first-order valence-electron chi connectivity index (χ1n) is 6.91. The average Bonchev–Trinajstić information content (AvgIpc) is 2.45. The molecule has 20 heavy (non-hydrogen) atoms. The fraction of sp³-hybridized carbons (Fsp3) is 0.600. The van der Waals surface area contributed by atoms with E-state index in [1.54, 1.807) is 0 Å². The number of ether oxygens (including phenoxy) is 3. The molecular formula is C15H25NO4. The van der Waals surface area contributed by atoms with Crippen LogP contribution < -0.4 is 10.5 Å². The Morgan fingerprint density at radius 1 is 1.15 bits per heavy atom. The zero-order chi connectivity index (χ0) is 14.8. The molecule has 0 aliphatic heterocycles. The van der Waals surface area contributed by atoms with Crippen LogP contribution in [0.5, 0.6) is 5.75 Å². The highest BCUT2D eigenvalue weighted by Crippen LogP contribution is 2.13. The Balaban J connectivity index is 2.21. The van der Waals surface area contributed by atoms with Gasteiger partial charge in [-0.05, 0) is 31.5 Å². The number of aliphatic hydroxyl groups is 1. The smallest absolute Gasteiger partial charge is 0.119 e. The van der Waals surface area contributed by atoms with E-state index in [2.05, 4.69) is 0 Å². The third kappa shape index (κ3) is 7.45. The van der Waals surface area contributed by atoms with E-state index in [4.69, 9.17) is 19.9 Å². The van der Waals surface area contributed by atoms with Crippen molar-refractivity contribution in [1.29, 1.82) is 0 Å². The minimum atomic E-state index is -0.626. The second-order valence-electron chi connectivity index (χ2n) is 4.82. The van der Waals surface area contributed by atoms with Crippen LogP contribution in [-0.2, 0) is 16.1 Å². The van der Waals surface area contributed by atoms with Crippen LogP contribution >= 0.6 is 0 Å². The van der Waals surface area contributed by atoms with E-state index >= 15 is 0 Å². The molecule has 0 aliphatic rings. The van der Waals surface area contributed by atoms with Gasteiger partial charge in [-0.3, -0.25) is 0 Å². The zero-order valence-corrected chi connectivity index (χ0v) is 12.2. The van der Waals surface area contributed by atoms with E-state index in [1.165, 1.54) is 0 Å². The fourth-order valence-electron chi connectivity index (χ4n) is 1.48. The maximum atomic E-state index is 9.30. The van der Waals surface area contributed by atoms with Crippen molar-refractivity contribution in [1.82, 2.24) is 0 Å². The summed E-state index contributed by atoms with van der Waals surface area (Å²) < 4.78 is 16.3. The van der Waals surface area contributed by atoms with E-state index in [9.17, 15) is 5.11 Å². The van der Waals surface area contributed by atoms with Gasteiger partial charge in [-0.2, -0.15) is 0 Å². The number of hydrogen-bond donors (Lipinski definition) is 2. The molecule has 1 atom stereocenters. The molecule has 0 radical (unpaired) electrons. The molecule has 114 valence electrons. The fourth-order valence-corrected chi connectivity index (χ4v) is 1.48. The Bertz CT molecular complexity index is 353. The highest BCUT2D eigenvalue weighted by molar-refractivity contribution is 5.26. The molecule has 5 heteroatoms. The van der Waals surface area contributed by atoms with Gasteiger partial charge in [0.05, 0.1) is 25.9 Å². The Morgan fingerprint density at radius 2 is 1.85 bits per heavy atom. The lowest BCUT2D eigenvalue weighted by atomic mass is 10.2. The molecular weight excluding hydrogens is 258 g/mol. The third-order valence-corrected chi connectivity index (χ3v) is 2.59. The molecule has 0 saturated heterocycles. The van der Waals surface area contributed by atoms with E-state index in [-0.39, 0.29) is 19.3 Å². The molecule has 0 saturated carbocycles. The van der Waals surface area contributed by atoms with Gasteiger partial charge in [0.1, 0.15) is 18.5 Å². The standard InChI is InChI=1S/C15H25NO4/c1-12(2)19-8-7-18-10-13-3-5-15(6-4-13)20-11-14(17)9-16/h3-6,12,14,17H,7-11,16H2,1-2H3. The van der Waals surface area contributed by atoms with Gasteiger partial charge in [-0.15, -0.1) is 0 Å². The molecule has 0 heterocycles. The molecule has 3 N–H and O–H groups in total. The van der Waals surface area contributed by atoms with E-state index in [0.717, 1.165) is 5.56 Å². The largest absolute Gasteiger partial charge is 0.491 e. The molecule has 5 nitrogen and oxygen atoms in total. The molecule has 0 fully saturated rings. The summed E-state index contributed by atoms with van der Waals surface area (Å²) in [6, 6.07) is 7.58. The first-order valence-corrected chi connectivity index (χ1v) is 6.91. The predicted octanol–water partition coefficient (Wildman–Crippen LogP) is 1.33. The second kappa shape index (κ2) is 9.72. The van der Waals surface area contributed by atoms with Gasteiger partial charge in [0.2, 0.25) is 0 Å². The predicted molar refractivity (Wildman–Crippen MR) is 77.7 cm³/mol. The zero-order valence-electron chi connectivity index (χ0n) is 12.2. The van der Waals surface area contributed by atoms with Gasteiger partial charge < -0.3 is 25.1 Å². The van der Waals surface area contributed by atoms with Crippen LogP contribution in [0.2, 0.25) is 0 Å². The summed E-state index contributed by atoms with van der Waals surface area (Å²) in [6.07, 6.45) is -0.391. The summed E-state index contributed by atoms with van der Waals surface area (Å²) in [5, 5.41) is 9.30. The highest BCUT2D eigenvalue weighted by Gasteiger charge is 2.02. The molecule has 0 aliphatic carbocycles. The van der Waals surface area contributed by atoms with Crippen LogP contribution in [-0.4, -0.2) is 43.7 Å². The Hall–Kier alpha value is -1.14. The molecule has 1 aromatic carbocycles. The van der Waals surface area contributed by atoms with Gasteiger partial charge in [-0.25, -0.2) is 0 Å². The Kier molecular flexibility index (Phi) is 8.22. The van der Waals surface area contributed by atoms with Gasteiger partial charge in [-0.1, -0.05) is 12.1 Å². The number of hydrogen-bond acceptors (Lipinski definition) is 5. The van der Waals surface area contributed by atoms with E-state index in [1.807, 2.05) is 38.1 Å². The molecule has 0 bridgehead atoms. The van der Waals surface area contributed by atoms with Gasteiger partial charge in [0.25, 0.3) is 0 Å². The number of aliphatic hydroxyl groups excluding tert-OH is 1. The van der Waals surface area contributed by atoms with Crippen molar-refractivity contribution in [2.75, 3.05) is 26.4 Å². The lowest BCUT2D eigenvalue weighted by Crippen LogP contribution is -2.26. The minimum Gasteiger partial charge on any atom is -0.491 e. The molecule has 0 amide bonds. The van der Waals surface area contributed by atoms with Crippen molar-refractivity contribution in [3.8, 4) is 5.75 Å².